The third-order valence-corrected chi connectivity index (χ3v) is 3.01. The SMILES string of the molecule is Cc1ccsc1C(OCCCO)C(=O)O. The number of carboxylic acid groups (broad SMARTS) is 1. The van der Waals surface area contributed by atoms with Gasteiger partial charge < -0.3 is 14.9 Å². The number of hydrogen-bond acceptors (Lipinski definition) is 4. The zero-order chi connectivity index (χ0) is 11.3. The van der Waals surface area contributed by atoms with Crippen LogP contribution >= 0.6 is 11.3 Å². The third kappa shape index (κ3) is 3.30. The van der Waals surface area contributed by atoms with Gasteiger partial charge in [0, 0.05) is 11.5 Å². The van der Waals surface area contributed by atoms with Crippen molar-refractivity contribution in [2.75, 3.05) is 13.2 Å². The maximum absolute atomic E-state index is 11.0. The third-order valence-electron chi connectivity index (χ3n) is 1.95. The Balaban J connectivity index is 2.67. The Hall–Kier alpha value is -0.910. The maximum Gasteiger partial charge on any atom is 0.338 e. The Morgan fingerprint density at radius 3 is 2.87 bits per heavy atom. The van der Waals surface area contributed by atoms with Crippen molar-refractivity contribution >= 4 is 17.3 Å². The van der Waals surface area contributed by atoms with Gasteiger partial charge in [0.05, 0.1) is 6.61 Å². The van der Waals surface area contributed by atoms with Crippen LogP contribution in [-0.2, 0) is 9.53 Å². The van der Waals surface area contributed by atoms with E-state index in [-0.39, 0.29) is 13.2 Å². The number of aliphatic hydroxyl groups is 1. The van der Waals surface area contributed by atoms with E-state index in [9.17, 15) is 4.79 Å². The van der Waals surface area contributed by atoms with Crippen LogP contribution in [0.1, 0.15) is 23.0 Å². The number of thiophene rings is 1. The Bertz CT molecular complexity index is 321. The molecule has 1 aromatic rings. The molecular formula is C10H14O4S. The molecule has 0 amide bonds. The van der Waals surface area contributed by atoms with Gasteiger partial charge in [-0.25, -0.2) is 4.79 Å². The van der Waals surface area contributed by atoms with Crippen molar-refractivity contribution < 1.29 is 19.7 Å². The largest absolute Gasteiger partial charge is 0.479 e. The van der Waals surface area contributed by atoms with Gasteiger partial charge in [-0.1, -0.05) is 0 Å². The fraction of sp³-hybridized carbons (Fsp3) is 0.500. The molecule has 4 nitrogen and oxygen atoms in total. The predicted octanol–water partition coefficient (Wildman–Crippen LogP) is 1.58. The summed E-state index contributed by atoms with van der Waals surface area (Å²) in [5.41, 5.74) is 0.927. The number of carboxylic acids is 1. The van der Waals surface area contributed by atoms with Crippen molar-refractivity contribution in [3.63, 3.8) is 0 Å². The molecule has 5 heteroatoms. The summed E-state index contributed by atoms with van der Waals surface area (Å²) in [6.07, 6.45) is -0.453. The highest BCUT2D eigenvalue weighted by molar-refractivity contribution is 7.10. The number of rotatable bonds is 6. The van der Waals surface area contributed by atoms with Gasteiger partial charge >= 0.3 is 5.97 Å². The Labute approximate surface area is 92.1 Å². The number of aliphatic carboxylic acids is 1. The standard InChI is InChI=1S/C10H14O4S/c1-7-3-6-15-9(7)8(10(12)13)14-5-2-4-11/h3,6,8,11H,2,4-5H2,1H3,(H,12,13). The summed E-state index contributed by atoms with van der Waals surface area (Å²) in [6.45, 7) is 2.12. The molecule has 2 N–H and O–H groups in total. The Morgan fingerprint density at radius 1 is 1.67 bits per heavy atom. The maximum atomic E-state index is 11.0. The van der Waals surface area contributed by atoms with Gasteiger partial charge in [-0.2, -0.15) is 0 Å². The van der Waals surface area contributed by atoms with E-state index in [1.165, 1.54) is 11.3 Å². The molecule has 1 aromatic heterocycles. The number of hydrogen-bond donors (Lipinski definition) is 2. The molecule has 84 valence electrons. The van der Waals surface area contributed by atoms with Gasteiger partial charge in [-0.05, 0) is 30.4 Å². The van der Waals surface area contributed by atoms with Crippen LogP contribution in [0, 0.1) is 6.92 Å². The van der Waals surface area contributed by atoms with Crippen molar-refractivity contribution in [1.29, 1.82) is 0 Å². The van der Waals surface area contributed by atoms with Gasteiger partial charge in [0.2, 0.25) is 0 Å². The summed E-state index contributed by atoms with van der Waals surface area (Å²) in [6, 6.07) is 1.87. The molecule has 0 radical (unpaired) electrons. The summed E-state index contributed by atoms with van der Waals surface area (Å²) in [5, 5.41) is 19.4. The zero-order valence-electron chi connectivity index (χ0n) is 8.47. The molecule has 1 rings (SSSR count). The quantitative estimate of drug-likeness (QED) is 0.728. The molecule has 0 aromatic carbocycles. The van der Waals surface area contributed by atoms with Crippen molar-refractivity contribution in [2.45, 2.75) is 19.4 Å². The fourth-order valence-electron chi connectivity index (χ4n) is 1.18. The smallest absolute Gasteiger partial charge is 0.338 e. The van der Waals surface area contributed by atoms with Crippen LogP contribution in [0.2, 0.25) is 0 Å². The lowest BCUT2D eigenvalue weighted by atomic mass is 10.2. The lowest BCUT2D eigenvalue weighted by molar-refractivity contribution is -0.150. The van der Waals surface area contributed by atoms with E-state index < -0.39 is 12.1 Å². The number of carbonyl (C=O) groups is 1. The first kappa shape index (κ1) is 12.2. The Morgan fingerprint density at radius 2 is 2.40 bits per heavy atom. The topological polar surface area (TPSA) is 66.8 Å². The molecule has 0 bridgehead atoms. The molecule has 1 unspecified atom stereocenters. The number of aryl methyl sites for hydroxylation is 1. The minimum Gasteiger partial charge on any atom is -0.479 e. The molecule has 15 heavy (non-hydrogen) atoms. The van der Waals surface area contributed by atoms with Crippen LogP contribution in [0.25, 0.3) is 0 Å². The molecule has 0 aliphatic rings. The monoisotopic (exact) mass is 230 g/mol. The van der Waals surface area contributed by atoms with E-state index in [0.29, 0.717) is 6.42 Å². The minimum atomic E-state index is -0.988. The van der Waals surface area contributed by atoms with Gasteiger partial charge in [-0.15, -0.1) is 11.3 Å². The van der Waals surface area contributed by atoms with Crippen molar-refractivity contribution in [3.8, 4) is 0 Å². The first-order valence-corrected chi connectivity index (χ1v) is 5.54. The molecule has 0 saturated heterocycles. The summed E-state index contributed by atoms with van der Waals surface area (Å²) in [7, 11) is 0. The second-order valence-corrected chi connectivity index (χ2v) is 4.08. The summed E-state index contributed by atoms with van der Waals surface area (Å²) in [5.74, 6) is -0.988. The van der Waals surface area contributed by atoms with Crippen LogP contribution in [0.15, 0.2) is 11.4 Å². The van der Waals surface area contributed by atoms with Crippen LogP contribution in [0.3, 0.4) is 0 Å². The van der Waals surface area contributed by atoms with Crippen LogP contribution in [-0.4, -0.2) is 29.4 Å². The zero-order valence-corrected chi connectivity index (χ0v) is 9.29. The number of aliphatic hydroxyl groups excluding tert-OH is 1. The predicted molar refractivity (Wildman–Crippen MR) is 57.1 cm³/mol. The van der Waals surface area contributed by atoms with E-state index in [1.807, 2.05) is 18.4 Å². The minimum absolute atomic E-state index is 0.00968. The molecular weight excluding hydrogens is 216 g/mol. The van der Waals surface area contributed by atoms with Gasteiger partial charge in [0.1, 0.15) is 0 Å². The molecule has 0 fully saturated rings. The van der Waals surface area contributed by atoms with Gasteiger partial charge in [-0.3, -0.25) is 0 Å². The lowest BCUT2D eigenvalue weighted by Gasteiger charge is -2.12. The fourth-order valence-corrected chi connectivity index (χ4v) is 2.14. The normalized spacial score (nSPS) is 12.7. The highest BCUT2D eigenvalue weighted by Gasteiger charge is 2.23. The van der Waals surface area contributed by atoms with E-state index in [1.54, 1.807) is 0 Å². The van der Waals surface area contributed by atoms with Crippen LogP contribution in [0.5, 0.6) is 0 Å². The first-order chi connectivity index (χ1) is 7.16. The number of ether oxygens (including phenoxy) is 1. The molecule has 0 aliphatic heterocycles. The van der Waals surface area contributed by atoms with Gasteiger partial charge in [0.15, 0.2) is 6.10 Å². The van der Waals surface area contributed by atoms with Gasteiger partial charge in [0.25, 0.3) is 0 Å². The molecule has 1 atom stereocenters. The second kappa shape index (κ2) is 5.85. The molecule has 0 aliphatic carbocycles. The van der Waals surface area contributed by atoms with E-state index in [4.69, 9.17) is 14.9 Å². The first-order valence-electron chi connectivity index (χ1n) is 4.66. The van der Waals surface area contributed by atoms with Crippen molar-refractivity contribution in [2.24, 2.45) is 0 Å². The summed E-state index contributed by atoms with van der Waals surface area (Å²) < 4.78 is 5.22. The van der Waals surface area contributed by atoms with Crippen LogP contribution < -0.4 is 0 Å². The average Bonchev–Trinajstić information content (AvgIpc) is 2.59. The van der Waals surface area contributed by atoms with Crippen LogP contribution in [0.4, 0.5) is 0 Å². The van der Waals surface area contributed by atoms with Crippen molar-refractivity contribution in [1.82, 2.24) is 0 Å². The highest BCUT2D eigenvalue weighted by Crippen LogP contribution is 2.27. The molecule has 0 spiro atoms. The average molecular weight is 230 g/mol. The highest BCUT2D eigenvalue weighted by atomic mass is 32.1. The second-order valence-electron chi connectivity index (χ2n) is 3.13. The Kier molecular flexibility index (Phi) is 4.74. The lowest BCUT2D eigenvalue weighted by Crippen LogP contribution is -2.16. The summed E-state index contributed by atoms with van der Waals surface area (Å²) in [4.78, 5) is 11.7. The van der Waals surface area contributed by atoms with Crippen molar-refractivity contribution in [3.05, 3.63) is 21.9 Å². The van der Waals surface area contributed by atoms with E-state index in [0.717, 1.165) is 10.4 Å². The van der Waals surface area contributed by atoms with E-state index in [2.05, 4.69) is 0 Å². The molecule has 1 heterocycles. The summed E-state index contributed by atoms with van der Waals surface area (Å²) >= 11 is 1.38. The molecule has 0 saturated carbocycles. The van der Waals surface area contributed by atoms with E-state index >= 15 is 0 Å².